The summed E-state index contributed by atoms with van der Waals surface area (Å²) in [5.41, 5.74) is 1.73. The summed E-state index contributed by atoms with van der Waals surface area (Å²) in [6, 6.07) is 24.2. The Labute approximate surface area is 207 Å². The van der Waals surface area contributed by atoms with Crippen LogP contribution in [0.15, 0.2) is 72.8 Å². The van der Waals surface area contributed by atoms with Crippen molar-refractivity contribution in [2.45, 2.75) is 45.6 Å². The van der Waals surface area contributed by atoms with E-state index in [1.165, 1.54) is 6.42 Å². The first-order valence-corrected chi connectivity index (χ1v) is 12.9. The molecule has 182 valence electrons. The van der Waals surface area contributed by atoms with Gasteiger partial charge in [-0.15, -0.1) is 0 Å². The molecular weight excluding hydrogens is 436 g/mol. The molecule has 35 heavy (non-hydrogen) atoms. The van der Waals surface area contributed by atoms with Gasteiger partial charge in [-0.3, -0.25) is 4.79 Å². The quantitative estimate of drug-likeness (QED) is 0.433. The van der Waals surface area contributed by atoms with E-state index in [2.05, 4.69) is 24.3 Å². The van der Waals surface area contributed by atoms with Gasteiger partial charge in [0.05, 0.1) is 5.92 Å². The topological polar surface area (TPSA) is 49.9 Å². The van der Waals surface area contributed by atoms with Gasteiger partial charge in [-0.2, -0.15) is 0 Å². The summed E-state index contributed by atoms with van der Waals surface area (Å²) in [6.07, 6.45) is 5.08. The number of ether oxygens (including phenoxy) is 1. The van der Waals surface area contributed by atoms with Gasteiger partial charge in [0.2, 0.25) is 5.91 Å². The summed E-state index contributed by atoms with van der Waals surface area (Å²) < 4.78 is 5.66. The normalized spacial score (nSPS) is 19.1. The van der Waals surface area contributed by atoms with Crippen molar-refractivity contribution in [3.05, 3.63) is 78.4 Å². The van der Waals surface area contributed by atoms with Gasteiger partial charge in [-0.25, -0.2) is 4.79 Å². The second kappa shape index (κ2) is 10.1. The third-order valence-corrected chi connectivity index (χ3v) is 7.89. The predicted octanol–water partition coefficient (Wildman–Crippen LogP) is 6.41. The van der Waals surface area contributed by atoms with Crippen LogP contribution in [0.2, 0.25) is 0 Å². The average molecular weight is 471 g/mol. The predicted molar refractivity (Wildman–Crippen MR) is 139 cm³/mol. The van der Waals surface area contributed by atoms with Crippen LogP contribution >= 0.6 is 0 Å². The lowest BCUT2D eigenvalue weighted by Gasteiger charge is -2.39. The second-order valence-corrected chi connectivity index (χ2v) is 10.0. The fraction of sp³-hybridized carbons (Fsp3) is 0.400. The standard InChI is InChI=1S/C30H34N2O3/c1-2-32(26-16-15-24-13-7-8-14-25(24)19-26)28(33)27-20-31(22-30(27)17-9-4-10-18-30)29(34)35-21-23-11-5-3-6-12-23/h3,5-8,11-16,19,27H,2,4,9-10,17-18,20-22H2,1H3/t27-/m0/s1. The van der Waals surface area contributed by atoms with Crippen molar-refractivity contribution < 1.29 is 14.3 Å². The van der Waals surface area contributed by atoms with Crippen LogP contribution in [0, 0.1) is 11.3 Å². The zero-order valence-corrected chi connectivity index (χ0v) is 20.5. The summed E-state index contributed by atoms with van der Waals surface area (Å²) in [5.74, 6) is -0.0819. The molecule has 1 aliphatic heterocycles. The number of amides is 2. The maximum Gasteiger partial charge on any atom is 0.410 e. The van der Waals surface area contributed by atoms with Crippen LogP contribution < -0.4 is 4.90 Å². The summed E-state index contributed by atoms with van der Waals surface area (Å²) in [6.45, 7) is 3.91. The van der Waals surface area contributed by atoms with E-state index in [-0.39, 0.29) is 29.9 Å². The number of likely N-dealkylation sites (tertiary alicyclic amines) is 1. The number of benzene rings is 3. The summed E-state index contributed by atoms with van der Waals surface area (Å²) in [5, 5.41) is 2.29. The second-order valence-electron chi connectivity index (χ2n) is 10.0. The lowest BCUT2D eigenvalue weighted by atomic mass is 9.67. The lowest BCUT2D eigenvalue weighted by molar-refractivity contribution is -0.125. The zero-order valence-electron chi connectivity index (χ0n) is 20.5. The number of fused-ring (bicyclic) bond motifs is 1. The van der Waals surface area contributed by atoms with E-state index in [9.17, 15) is 9.59 Å². The van der Waals surface area contributed by atoms with Crippen molar-refractivity contribution in [1.29, 1.82) is 0 Å². The minimum Gasteiger partial charge on any atom is -0.445 e. The Balaban J connectivity index is 1.37. The van der Waals surface area contributed by atoms with E-state index in [1.807, 2.05) is 60.4 Å². The molecule has 2 amide bonds. The number of rotatable bonds is 5. The molecular formula is C30H34N2O3. The molecule has 1 saturated carbocycles. The van der Waals surface area contributed by atoms with Crippen molar-refractivity contribution in [1.82, 2.24) is 4.90 Å². The third kappa shape index (κ3) is 4.77. The van der Waals surface area contributed by atoms with E-state index in [4.69, 9.17) is 4.74 Å². The molecule has 1 saturated heterocycles. The molecule has 2 fully saturated rings. The van der Waals surface area contributed by atoms with E-state index in [0.717, 1.165) is 47.7 Å². The van der Waals surface area contributed by atoms with E-state index in [0.29, 0.717) is 19.6 Å². The number of hydrogen-bond acceptors (Lipinski definition) is 3. The number of anilines is 1. The molecule has 1 heterocycles. The number of carbonyl (C=O) groups is 2. The van der Waals surface area contributed by atoms with Crippen LogP contribution in [0.4, 0.5) is 10.5 Å². The summed E-state index contributed by atoms with van der Waals surface area (Å²) >= 11 is 0. The number of carbonyl (C=O) groups excluding carboxylic acids is 2. The first kappa shape index (κ1) is 23.4. The molecule has 5 nitrogen and oxygen atoms in total. The van der Waals surface area contributed by atoms with Crippen molar-refractivity contribution in [2.24, 2.45) is 11.3 Å². The minimum absolute atomic E-state index is 0.128. The molecule has 3 aromatic rings. The van der Waals surface area contributed by atoms with E-state index >= 15 is 0 Å². The first-order valence-electron chi connectivity index (χ1n) is 12.9. The van der Waals surface area contributed by atoms with Crippen molar-refractivity contribution in [3.8, 4) is 0 Å². The molecule has 0 N–H and O–H groups in total. The highest BCUT2D eigenvalue weighted by atomic mass is 16.6. The van der Waals surface area contributed by atoms with Gasteiger partial charge in [0.1, 0.15) is 6.61 Å². The van der Waals surface area contributed by atoms with Crippen LogP contribution in [0.25, 0.3) is 10.8 Å². The molecule has 0 radical (unpaired) electrons. The van der Waals surface area contributed by atoms with Crippen molar-refractivity contribution in [3.63, 3.8) is 0 Å². The first-order chi connectivity index (χ1) is 17.1. The van der Waals surface area contributed by atoms with Gasteiger partial charge in [-0.1, -0.05) is 79.9 Å². The fourth-order valence-corrected chi connectivity index (χ4v) is 6.02. The minimum atomic E-state index is -0.317. The van der Waals surface area contributed by atoms with E-state index < -0.39 is 0 Å². The molecule has 1 spiro atoms. The maximum absolute atomic E-state index is 14.1. The Morgan fingerprint density at radius 1 is 0.943 bits per heavy atom. The molecule has 3 aromatic carbocycles. The van der Waals surface area contributed by atoms with Gasteiger partial charge < -0.3 is 14.5 Å². The zero-order chi connectivity index (χ0) is 24.3. The van der Waals surface area contributed by atoms with Gasteiger partial charge in [0.25, 0.3) is 0 Å². The van der Waals surface area contributed by atoms with Crippen LogP contribution in [0.3, 0.4) is 0 Å². The fourth-order valence-electron chi connectivity index (χ4n) is 6.02. The van der Waals surface area contributed by atoms with Gasteiger partial charge in [0, 0.05) is 30.7 Å². The van der Waals surface area contributed by atoms with Gasteiger partial charge in [0.15, 0.2) is 0 Å². The van der Waals surface area contributed by atoms with Crippen LogP contribution in [-0.4, -0.2) is 36.5 Å². The van der Waals surface area contributed by atoms with Crippen LogP contribution in [0.5, 0.6) is 0 Å². The highest BCUT2D eigenvalue weighted by molar-refractivity contribution is 5.98. The molecule has 5 heteroatoms. The third-order valence-electron chi connectivity index (χ3n) is 7.89. The Morgan fingerprint density at radius 2 is 1.66 bits per heavy atom. The Kier molecular flexibility index (Phi) is 6.76. The number of nitrogens with zero attached hydrogens (tertiary/aromatic N) is 2. The molecule has 5 rings (SSSR count). The molecule has 0 unspecified atom stereocenters. The smallest absolute Gasteiger partial charge is 0.410 e. The van der Waals surface area contributed by atoms with E-state index in [1.54, 1.807) is 4.90 Å². The Bertz CT molecular complexity index is 1190. The summed E-state index contributed by atoms with van der Waals surface area (Å²) in [7, 11) is 0. The monoisotopic (exact) mass is 470 g/mol. The maximum atomic E-state index is 14.1. The molecule has 2 aliphatic rings. The van der Waals surface area contributed by atoms with Crippen LogP contribution in [0.1, 0.15) is 44.6 Å². The lowest BCUT2D eigenvalue weighted by Crippen LogP contribution is -2.44. The molecule has 1 aliphatic carbocycles. The number of hydrogen-bond donors (Lipinski definition) is 0. The molecule has 0 bridgehead atoms. The molecule has 1 atom stereocenters. The highest BCUT2D eigenvalue weighted by Gasteiger charge is 2.52. The van der Waals surface area contributed by atoms with Crippen molar-refractivity contribution >= 4 is 28.5 Å². The van der Waals surface area contributed by atoms with Gasteiger partial charge in [-0.05, 0) is 48.2 Å². The largest absolute Gasteiger partial charge is 0.445 e. The Hall–Kier alpha value is -3.34. The van der Waals surface area contributed by atoms with Crippen molar-refractivity contribution in [2.75, 3.05) is 24.5 Å². The average Bonchev–Trinajstić information content (AvgIpc) is 3.27. The summed E-state index contributed by atoms with van der Waals surface area (Å²) in [4.78, 5) is 30.8. The highest BCUT2D eigenvalue weighted by Crippen LogP contribution is 2.48. The van der Waals surface area contributed by atoms with Gasteiger partial charge >= 0.3 is 6.09 Å². The Morgan fingerprint density at radius 3 is 2.40 bits per heavy atom. The SMILES string of the molecule is CCN(C(=O)[C@@H]1CN(C(=O)OCc2ccccc2)CC12CCCCC2)c1ccc2ccccc2c1. The molecule has 0 aromatic heterocycles. The van der Waals surface area contributed by atoms with Crippen LogP contribution in [-0.2, 0) is 16.1 Å².